The Hall–Kier alpha value is -2.41. The number of aromatic nitrogens is 1. The van der Waals surface area contributed by atoms with E-state index >= 15 is 0 Å². The normalized spacial score (nSPS) is 30.0. The molecule has 1 aromatic heterocycles. The predicted molar refractivity (Wildman–Crippen MR) is 101 cm³/mol. The topological polar surface area (TPSA) is 64.1 Å². The molecule has 1 aliphatic carbocycles. The zero-order valence-electron chi connectivity index (χ0n) is 15.5. The van der Waals surface area contributed by atoms with Gasteiger partial charge in [0, 0.05) is 37.4 Å². The van der Waals surface area contributed by atoms with E-state index in [1.54, 1.807) is 12.4 Å². The van der Waals surface area contributed by atoms with Gasteiger partial charge in [0.15, 0.2) is 11.5 Å². The Morgan fingerprint density at radius 2 is 2.14 bits per heavy atom. The van der Waals surface area contributed by atoms with E-state index in [2.05, 4.69) is 28.1 Å². The summed E-state index contributed by atoms with van der Waals surface area (Å²) in [6.45, 7) is 2.61. The van der Waals surface area contributed by atoms with Crippen LogP contribution in [0.3, 0.4) is 0 Å². The maximum absolute atomic E-state index is 11.3. The summed E-state index contributed by atoms with van der Waals surface area (Å²) in [6, 6.07) is 8.30. The molecule has 0 spiro atoms. The van der Waals surface area contributed by atoms with Crippen LogP contribution < -0.4 is 9.47 Å². The molecule has 1 saturated heterocycles. The van der Waals surface area contributed by atoms with Crippen molar-refractivity contribution in [2.75, 3.05) is 13.3 Å². The molecule has 144 valence electrons. The molecule has 1 N–H and O–H groups in total. The molecule has 1 fully saturated rings. The molecule has 4 aliphatic rings. The van der Waals surface area contributed by atoms with Crippen LogP contribution in [0.4, 0.5) is 0 Å². The van der Waals surface area contributed by atoms with Gasteiger partial charge in [0.05, 0.1) is 12.7 Å². The van der Waals surface area contributed by atoms with Crippen molar-refractivity contribution < 1.29 is 19.3 Å². The van der Waals surface area contributed by atoms with E-state index in [0.717, 1.165) is 36.6 Å². The zero-order valence-corrected chi connectivity index (χ0v) is 15.5. The maximum Gasteiger partial charge on any atom is 0.231 e. The molecule has 2 aromatic rings. The lowest BCUT2D eigenvalue weighted by atomic mass is 9.73. The molecular formula is C22H22N2O4. The molecule has 1 aromatic carbocycles. The molecule has 0 amide bonds. The smallest absolute Gasteiger partial charge is 0.231 e. The van der Waals surface area contributed by atoms with E-state index in [1.165, 1.54) is 16.7 Å². The van der Waals surface area contributed by atoms with E-state index in [4.69, 9.17) is 14.2 Å². The van der Waals surface area contributed by atoms with Crippen LogP contribution in [0.25, 0.3) is 0 Å². The van der Waals surface area contributed by atoms with E-state index in [1.807, 2.05) is 12.1 Å². The first-order valence-electron chi connectivity index (χ1n) is 9.83. The number of nitrogens with zero attached hydrogens (tertiary/aromatic N) is 2. The van der Waals surface area contributed by atoms with Gasteiger partial charge in [-0.05, 0) is 41.3 Å². The number of aliphatic hydroxyl groups excluding tert-OH is 1. The summed E-state index contributed by atoms with van der Waals surface area (Å²) in [4.78, 5) is 6.62. The largest absolute Gasteiger partial charge is 0.454 e. The van der Waals surface area contributed by atoms with Crippen molar-refractivity contribution in [1.29, 1.82) is 0 Å². The van der Waals surface area contributed by atoms with Crippen LogP contribution in [-0.2, 0) is 17.9 Å². The fourth-order valence-electron chi connectivity index (χ4n) is 5.15. The number of aliphatic hydroxyl groups is 1. The number of hydrogen-bond acceptors (Lipinski definition) is 6. The summed E-state index contributed by atoms with van der Waals surface area (Å²) in [5.41, 5.74) is 4.78. The fraction of sp³-hybridized carbons (Fsp3) is 0.409. The molecule has 6 rings (SSSR count). The average molecular weight is 378 g/mol. The van der Waals surface area contributed by atoms with Gasteiger partial charge in [0.25, 0.3) is 0 Å². The van der Waals surface area contributed by atoms with Crippen LogP contribution in [0.15, 0.2) is 48.3 Å². The summed E-state index contributed by atoms with van der Waals surface area (Å²) in [6.07, 6.45) is 5.81. The first-order chi connectivity index (χ1) is 13.8. The molecule has 4 atom stereocenters. The van der Waals surface area contributed by atoms with Crippen LogP contribution in [0.1, 0.15) is 29.0 Å². The van der Waals surface area contributed by atoms with Gasteiger partial charge in [-0.15, -0.1) is 0 Å². The molecule has 0 bridgehead atoms. The lowest BCUT2D eigenvalue weighted by Gasteiger charge is -2.45. The minimum Gasteiger partial charge on any atom is -0.454 e. The van der Waals surface area contributed by atoms with Crippen LogP contribution in [0.5, 0.6) is 11.5 Å². The van der Waals surface area contributed by atoms with Crippen molar-refractivity contribution in [2.24, 2.45) is 0 Å². The third-order valence-electron chi connectivity index (χ3n) is 6.42. The Kier molecular flexibility index (Phi) is 3.72. The number of pyridine rings is 1. The minimum absolute atomic E-state index is 0.0142. The van der Waals surface area contributed by atoms with Crippen LogP contribution >= 0.6 is 0 Å². The summed E-state index contributed by atoms with van der Waals surface area (Å²) >= 11 is 0. The van der Waals surface area contributed by atoms with Gasteiger partial charge in [-0.2, -0.15) is 0 Å². The quantitative estimate of drug-likeness (QED) is 0.828. The predicted octanol–water partition coefficient (Wildman–Crippen LogP) is 2.37. The number of rotatable bonds is 3. The molecule has 0 unspecified atom stereocenters. The van der Waals surface area contributed by atoms with Gasteiger partial charge < -0.3 is 19.3 Å². The van der Waals surface area contributed by atoms with Gasteiger partial charge in [0.2, 0.25) is 6.79 Å². The van der Waals surface area contributed by atoms with Crippen molar-refractivity contribution >= 4 is 0 Å². The molecule has 6 nitrogen and oxygen atoms in total. The SMILES string of the molecule is O[C@H]1[C@H]2c3cc4c(cc3CN3CCC(=C[C@@H]1OCc1cccnc1)[C@H]23)OCO4. The third-order valence-corrected chi connectivity index (χ3v) is 6.42. The highest BCUT2D eigenvalue weighted by Crippen LogP contribution is 2.50. The van der Waals surface area contributed by atoms with Crippen molar-refractivity contribution in [2.45, 2.75) is 43.7 Å². The third kappa shape index (κ3) is 2.49. The van der Waals surface area contributed by atoms with E-state index in [0.29, 0.717) is 6.61 Å². The van der Waals surface area contributed by atoms with Gasteiger partial charge in [-0.1, -0.05) is 17.7 Å². The number of fused-ring (bicyclic) bond motifs is 3. The first-order valence-corrected chi connectivity index (χ1v) is 9.83. The Bertz CT molecular complexity index is 945. The summed E-state index contributed by atoms with van der Waals surface area (Å²) in [5.74, 6) is 1.57. The second-order valence-corrected chi connectivity index (χ2v) is 7.96. The Balaban J connectivity index is 1.35. The first kappa shape index (κ1) is 16.5. The van der Waals surface area contributed by atoms with Gasteiger partial charge >= 0.3 is 0 Å². The van der Waals surface area contributed by atoms with Crippen LogP contribution in [0, 0.1) is 0 Å². The van der Waals surface area contributed by atoms with Crippen LogP contribution in [0.2, 0.25) is 0 Å². The summed E-state index contributed by atoms with van der Waals surface area (Å²) in [7, 11) is 0. The molecule has 4 heterocycles. The molecular weight excluding hydrogens is 356 g/mol. The molecule has 6 heteroatoms. The van der Waals surface area contributed by atoms with Gasteiger partial charge in [-0.25, -0.2) is 0 Å². The standard InChI is InChI=1S/C22H22N2O4/c25-22-19(26-11-13-2-1-4-23-9-13)6-14-3-5-24-10-15-7-17-18(28-12-27-17)8-16(15)20(22)21(14)24/h1-2,4,6-9,19-22,25H,3,5,10-12H2/t19-,20-,21+,22+/m0/s1. The minimum atomic E-state index is -0.606. The number of ether oxygens (including phenoxy) is 3. The Morgan fingerprint density at radius 3 is 3.00 bits per heavy atom. The number of hydrogen-bond donors (Lipinski definition) is 1. The highest BCUT2D eigenvalue weighted by atomic mass is 16.7. The molecule has 3 aliphatic heterocycles. The second kappa shape index (κ2) is 6.30. The average Bonchev–Trinajstić information content (AvgIpc) is 3.34. The fourth-order valence-corrected chi connectivity index (χ4v) is 5.15. The highest BCUT2D eigenvalue weighted by molar-refractivity contribution is 5.53. The highest BCUT2D eigenvalue weighted by Gasteiger charge is 2.49. The molecule has 0 radical (unpaired) electrons. The van der Waals surface area contributed by atoms with Gasteiger partial charge in [-0.3, -0.25) is 9.88 Å². The van der Waals surface area contributed by atoms with E-state index < -0.39 is 6.10 Å². The van der Waals surface area contributed by atoms with Crippen molar-refractivity contribution in [3.63, 3.8) is 0 Å². The lowest BCUT2D eigenvalue weighted by Crippen LogP contribution is -2.50. The molecule has 0 saturated carbocycles. The van der Waals surface area contributed by atoms with Crippen LogP contribution in [-0.4, -0.2) is 46.6 Å². The van der Waals surface area contributed by atoms with E-state index in [9.17, 15) is 5.11 Å². The summed E-state index contributed by atoms with van der Waals surface area (Å²) in [5, 5.41) is 11.3. The Labute approximate surface area is 163 Å². The monoisotopic (exact) mass is 378 g/mol. The van der Waals surface area contributed by atoms with Gasteiger partial charge in [0.1, 0.15) is 6.10 Å². The summed E-state index contributed by atoms with van der Waals surface area (Å²) < 4.78 is 17.3. The van der Waals surface area contributed by atoms with E-state index in [-0.39, 0.29) is 24.9 Å². The zero-order chi connectivity index (χ0) is 18.7. The molecule has 28 heavy (non-hydrogen) atoms. The van der Waals surface area contributed by atoms with Crippen molar-refractivity contribution in [3.05, 3.63) is 65.0 Å². The lowest BCUT2D eigenvalue weighted by molar-refractivity contribution is -0.0492. The second-order valence-electron chi connectivity index (χ2n) is 7.96. The van der Waals surface area contributed by atoms with Crippen molar-refractivity contribution in [3.8, 4) is 11.5 Å². The Morgan fingerprint density at radius 1 is 1.25 bits per heavy atom. The number of benzene rings is 1. The maximum atomic E-state index is 11.3. The van der Waals surface area contributed by atoms with Crippen molar-refractivity contribution in [1.82, 2.24) is 9.88 Å².